The molecule has 24 heavy (non-hydrogen) atoms. The van der Waals surface area contributed by atoms with Crippen molar-refractivity contribution in [1.82, 2.24) is 9.88 Å². The standard InChI is InChI=1S/C18H20N2O4/c21-17(15-6-8-19-9-7-15)20-10-11-23-13-18(22,12-20)14-24-16-4-2-1-3-5-16/h1-9,22H,10-14H2/t18-/m0/s1. The number of carbonyl (C=O) groups is 1. The number of ether oxygens (including phenoxy) is 2. The molecule has 1 fully saturated rings. The summed E-state index contributed by atoms with van der Waals surface area (Å²) >= 11 is 0. The number of hydrogen-bond donors (Lipinski definition) is 1. The number of aliphatic hydroxyl groups is 1. The van der Waals surface area contributed by atoms with Gasteiger partial charge < -0.3 is 19.5 Å². The molecule has 6 nitrogen and oxygen atoms in total. The van der Waals surface area contributed by atoms with Crippen LogP contribution < -0.4 is 4.74 Å². The van der Waals surface area contributed by atoms with Gasteiger partial charge >= 0.3 is 0 Å². The Morgan fingerprint density at radius 3 is 2.75 bits per heavy atom. The zero-order chi connectivity index (χ0) is 16.8. The number of hydrogen-bond acceptors (Lipinski definition) is 5. The number of aromatic nitrogens is 1. The van der Waals surface area contributed by atoms with Crippen molar-refractivity contribution in [2.24, 2.45) is 0 Å². The Bertz CT molecular complexity index is 665. The average molecular weight is 328 g/mol. The molecule has 6 heteroatoms. The molecule has 126 valence electrons. The van der Waals surface area contributed by atoms with E-state index in [4.69, 9.17) is 9.47 Å². The predicted molar refractivity (Wildman–Crippen MR) is 87.8 cm³/mol. The summed E-state index contributed by atoms with van der Waals surface area (Å²) in [6.07, 6.45) is 3.15. The summed E-state index contributed by atoms with van der Waals surface area (Å²) in [5, 5.41) is 10.8. The van der Waals surface area contributed by atoms with Crippen LogP contribution in [0.1, 0.15) is 10.4 Å². The molecule has 1 aromatic carbocycles. The van der Waals surface area contributed by atoms with Crippen LogP contribution in [0.3, 0.4) is 0 Å². The molecule has 2 aromatic rings. The summed E-state index contributed by atoms with van der Waals surface area (Å²) in [4.78, 5) is 18.1. The first-order valence-corrected chi connectivity index (χ1v) is 7.84. The fourth-order valence-corrected chi connectivity index (χ4v) is 2.59. The van der Waals surface area contributed by atoms with Crippen LogP contribution in [-0.2, 0) is 4.74 Å². The highest BCUT2D eigenvalue weighted by atomic mass is 16.5. The average Bonchev–Trinajstić information content (AvgIpc) is 2.83. The molecule has 1 amide bonds. The molecule has 1 aliphatic heterocycles. The van der Waals surface area contributed by atoms with Crippen molar-refractivity contribution >= 4 is 5.91 Å². The van der Waals surface area contributed by atoms with Crippen LogP contribution in [0, 0.1) is 0 Å². The third kappa shape index (κ3) is 4.10. The Labute approximate surface area is 140 Å². The van der Waals surface area contributed by atoms with Gasteiger partial charge in [-0.05, 0) is 24.3 Å². The van der Waals surface area contributed by atoms with Crippen molar-refractivity contribution in [2.75, 3.05) is 32.9 Å². The van der Waals surface area contributed by atoms with Crippen molar-refractivity contribution in [2.45, 2.75) is 5.60 Å². The predicted octanol–water partition coefficient (Wildman–Crippen LogP) is 1.36. The number of benzene rings is 1. The topological polar surface area (TPSA) is 71.9 Å². The van der Waals surface area contributed by atoms with Crippen molar-refractivity contribution in [1.29, 1.82) is 0 Å². The normalized spacial score (nSPS) is 21.1. The molecule has 3 rings (SSSR count). The van der Waals surface area contributed by atoms with Crippen LogP contribution in [-0.4, -0.2) is 59.4 Å². The lowest BCUT2D eigenvalue weighted by atomic mass is 10.1. The minimum atomic E-state index is -1.25. The van der Waals surface area contributed by atoms with Gasteiger partial charge in [0, 0.05) is 24.5 Å². The van der Waals surface area contributed by atoms with Crippen molar-refractivity contribution < 1.29 is 19.4 Å². The molecular weight excluding hydrogens is 308 g/mol. The SMILES string of the molecule is O=C(c1ccncc1)N1CCOC[C@](O)(COc2ccccc2)C1. The van der Waals surface area contributed by atoms with Gasteiger partial charge in [-0.1, -0.05) is 18.2 Å². The monoisotopic (exact) mass is 328 g/mol. The summed E-state index contributed by atoms with van der Waals surface area (Å²) < 4.78 is 11.1. The number of carbonyl (C=O) groups excluding carboxylic acids is 1. The van der Waals surface area contributed by atoms with E-state index in [0.29, 0.717) is 24.5 Å². The zero-order valence-corrected chi connectivity index (χ0v) is 13.3. The van der Waals surface area contributed by atoms with Crippen LogP contribution in [0.25, 0.3) is 0 Å². The van der Waals surface area contributed by atoms with E-state index in [2.05, 4.69) is 4.98 Å². The molecule has 2 heterocycles. The molecule has 0 radical (unpaired) electrons. The van der Waals surface area contributed by atoms with Gasteiger partial charge in [0.2, 0.25) is 0 Å². The molecule has 0 saturated carbocycles. The Kier molecular flexibility index (Phi) is 5.08. The Hall–Kier alpha value is -2.44. The smallest absolute Gasteiger partial charge is 0.254 e. The first-order valence-electron chi connectivity index (χ1n) is 7.84. The van der Waals surface area contributed by atoms with E-state index in [9.17, 15) is 9.90 Å². The maximum absolute atomic E-state index is 12.6. The summed E-state index contributed by atoms with van der Waals surface area (Å²) in [5.41, 5.74) is -0.715. The maximum atomic E-state index is 12.6. The van der Waals surface area contributed by atoms with E-state index in [0.717, 1.165) is 0 Å². The fraction of sp³-hybridized carbons (Fsp3) is 0.333. The van der Waals surface area contributed by atoms with Gasteiger partial charge in [0.25, 0.3) is 5.91 Å². The molecule has 1 aliphatic rings. The molecule has 0 aliphatic carbocycles. The summed E-state index contributed by atoms with van der Waals surface area (Å²) in [7, 11) is 0. The molecule has 0 unspecified atom stereocenters. The van der Waals surface area contributed by atoms with Gasteiger partial charge in [-0.2, -0.15) is 0 Å². The van der Waals surface area contributed by atoms with Crippen LogP contribution in [0.4, 0.5) is 0 Å². The largest absolute Gasteiger partial charge is 0.490 e. The van der Waals surface area contributed by atoms with E-state index >= 15 is 0 Å². The van der Waals surface area contributed by atoms with Crippen molar-refractivity contribution in [3.8, 4) is 5.75 Å². The van der Waals surface area contributed by atoms with Gasteiger partial charge in [0.1, 0.15) is 18.0 Å². The number of β-amino-alcohol motifs (C(OH)–C–C–N with tert-alkyl or cyclic N) is 1. The van der Waals surface area contributed by atoms with Gasteiger partial charge in [-0.3, -0.25) is 9.78 Å². The summed E-state index contributed by atoms with van der Waals surface area (Å²) in [6.45, 7) is 1.14. The molecule has 0 bridgehead atoms. The third-order valence-corrected chi connectivity index (χ3v) is 3.83. The fourth-order valence-electron chi connectivity index (χ4n) is 2.59. The van der Waals surface area contributed by atoms with E-state index in [-0.39, 0.29) is 25.7 Å². The first kappa shape index (κ1) is 16.4. The number of pyridine rings is 1. The maximum Gasteiger partial charge on any atom is 0.254 e. The highest BCUT2D eigenvalue weighted by Crippen LogP contribution is 2.18. The van der Waals surface area contributed by atoms with Gasteiger partial charge in [0.15, 0.2) is 0 Å². The van der Waals surface area contributed by atoms with Crippen LogP contribution in [0.2, 0.25) is 0 Å². The van der Waals surface area contributed by atoms with Crippen LogP contribution in [0.15, 0.2) is 54.9 Å². The minimum Gasteiger partial charge on any atom is -0.490 e. The van der Waals surface area contributed by atoms with Gasteiger partial charge in [0.05, 0.1) is 19.8 Å². The second-order valence-electron chi connectivity index (χ2n) is 5.84. The van der Waals surface area contributed by atoms with Gasteiger partial charge in [-0.25, -0.2) is 0 Å². The minimum absolute atomic E-state index is 0.0527. The summed E-state index contributed by atoms with van der Waals surface area (Å²) in [5.74, 6) is 0.517. The van der Waals surface area contributed by atoms with E-state index in [1.165, 1.54) is 0 Å². The van der Waals surface area contributed by atoms with E-state index in [1.807, 2.05) is 30.3 Å². The van der Waals surface area contributed by atoms with Crippen LogP contribution >= 0.6 is 0 Å². The van der Waals surface area contributed by atoms with Gasteiger partial charge in [-0.15, -0.1) is 0 Å². The van der Waals surface area contributed by atoms with Crippen LogP contribution in [0.5, 0.6) is 5.75 Å². The number of amides is 1. The third-order valence-electron chi connectivity index (χ3n) is 3.83. The summed E-state index contributed by atoms with van der Waals surface area (Å²) in [6, 6.07) is 12.6. The Morgan fingerprint density at radius 2 is 2.00 bits per heavy atom. The number of rotatable bonds is 4. The lowest BCUT2D eigenvalue weighted by Crippen LogP contribution is -2.50. The van der Waals surface area contributed by atoms with Crippen molar-refractivity contribution in [3.63, 3.8) is 0 Å². The number of para-hydroxylation sites is 1. The molecule has 1 aromatic heterocycles. The molecule has 1 saturated heterocycles. The van der Waals surface area contributed by atoms with Crippen molar-refractivity contribution in [3.05, 3.63) is 60.4 Å². The highest BCUT2D eigenvalue weighted by Gasteiger charge is 2.35. The second-order valence-corrected chi connectivity index (χ2v) is 5.84. The Balaban J connectivity index is 1.68. The second kappa shape index (κ2) is 7.42. The lowest BCUT2D eigenvalue weighted by molar-refractivity contribution is -0.0621. The number of nitrogens with zero attached hydrogens (tertiary/aromatic N) is 2. The first-order chi connectivity index (χ1) is 11.7. The van der Waals surface area contributed by atoms with E-state index < -0.39 is 5.60 Å². The Morgan fingerprint density at radius 1 is 1.25 bits per heavy atom. The lowest BCUT2D eigenvalue weighted by Gasteiger charge is -2.30. The zero-order valence-electron chi connectivity index (χ0n) is 13.3. The quantitative estimate of drug-likeness (QED) is 0.918. The molecule has 0 spiro atoms. The van der Waals surface area contributed by atoms with E-state index in [1.54, 1.807) is 29.4 Å². The highest BCUT2D eigenvalue weighted by molar-refractivity contribution is 5.94. The molecule has 1 atom stereocenters. The molecule has 1 N–H and O–H groups in total. The molecular formula is C18H20N2O4.